The summed E-state index contributed by atoms with van der Waals surface area (Å²) in [5.41, 5.74) is -0.213. The third kappa shape index (κ3) is 3.39. The average Bonchev–Trinajstić information content (AvgIpc) is 2.91. The number of fused-ring (bicyclic) bond motifs is 1. The van der Waals surface area contributed by atoms with Crippen LogP contribution in [-0.4, -0.2) is 17.9 Å². The molecule has 1 N–H and O–H groups in total. The van der Waals surface area contributed by atoms with Crippen LogP contribution in [-0.2, 0) is 0 Å². The lowest BCUT2D eigenvalue weighted by atomic mass is 10.2. The van der Waals surface area contributed by atoms with Gasteiger partial charge in [0.2, 0.25) is 0 Å². The Bertz CT molecular complexity index is 1000. The van der Waals surface area contributed by atoms with Gasteiger partial charge in [-0.1, -0.05) is 29.3 Å². The van der Waals surface area contributed by atoms with Crippen LogP contribution in [0.3, 0.4) is 0 Å². The third-order valence-corrected chi connectivity index (χ3v) is 5.34. The molecule has 2 aromatic carbocycles. The summed E-state index contributed by atoms with van der Waals surface area (Å²) < 4.78 is 5.73. The van der Waals surface area contributed by atoms with Gasteiger partial charge in [-0.05, 0) is 24.3 Å². The number of thiophene rings is 1. The van der Waals surface area contributed by atoms with E-state index in [1.54, 1.807) is 18.2 Å². The minimum Gasteiger partial charge on any atom is -0.496 e. The number of ether oxygens (including phenoxy) is 1. The van der Waals surface area contributed by atoms with E-state index in [9.17, 15) is 14.9 Å². The molecular weight excluding hydrogens is 387 g/mol. The molecular formula is C16H10Cl2N2O4S. The maximum atomic E-state index is 12.5. The van der Waals surface area contributed by atoms with Gasteiger partial charge in [-0.25, -0.2) is 0 Å². The first-order valence-corrected chi connectivity index (χ1v) is 8.49. The van der Waals surface area contributed by atoms with Gasteiger partial charge in [0.25, 0.3) is 11.6 Å². The lowest BCUT2D eigenvalue weighted by molar-refractivity contribution is -0.384. The standard InChI is InChI=1S/C16H10Cl2N2O4S/c1-24-9-3-5-11(12(7-9)20(22)23)19-16(21)15-14(18)10-4-2-8(17)6-13(10)25-15/h2-7H,1H3,(H,19,21). The molecule has 0 saturated heterocycles. The summed E-state index contributed by atoms with van der Waals surface area (Å²) in [5, 5.41) is 15.3. The number of benzene rings is 2. The molecule has 3 rings (SSSR count). The molecule has 6 nitrogen and oxygen atoms in total. The second-order valence-corrected chi connectivity index (χ2v) is 6.85. The molecule has 0 spiro atoms. The van der Waals surface area contributed by atoms with E-state index in [1.165, 1.54) is 25.3 Å². The van der Waals surface area contributed by atoms with Gasteiger partial charge in [-0.3, -0.25) is 14.9 Å². The molecule has 128 valence electrons. The van der Waals surface area contributed by atoms with Crippen LogP contribution in [0.1, 0.15) is 9.67 Å². The Labute approximate surface area is 156 Å². The molecule has 1 amide bonds. The summed E-state index contributed by atoms with van der Waals surface area (Å²) in [4.78, 5) is 23.4. The molecule has 25 heavy (non-hydrogen) atoms. The van der Waals surface area contributed by atoms with Crippen molar-refractivity contribution in [3.63, 3.8) is 0 Å². The normalized spacial score (nSPS) is 10.7. The first-order chi connectivity index (χ1) is 11.9. The number of carbonyl (C=O) groups is 1. The maximum absolute atomic E-state index is 12.5. The van der Waals surface area contributed by atoms with Gasteiger partial charge in [-0.15, -0.1) is 11.3 Å². The predicted molar refractivity (Wildman–Crippen MR) is 99.4 cm³/mol. The van der Waals surface area contributed by atoms with E-state index in [-0.39, 0.29) is 21.3 Å². The number of amides is 1. The molecule has 0 fully saturated rings. The molecule has 0 aliphatic rings. The monoisotopic (exact) mass is 396 g/mol. The molecule has 3 aromatic rings. The van der Waals surface area contributed by atoms with Crippen LogP contribution in [0.2, 0.25) is 10.0 Å². The average molecular weight is 397 g/mol. The number of nitrogens with one attached hydrogen (secondary N) is 1. The zero-order valence-electron chi connectivity index (χ0n) is 12.7. The number of anilines is 1. The first-order valence-electron chi connectivity index (χ1n) is 6.92. The van der Waals surface area contributed by atoms with Crippen LogP contribution in [0, 0.1) is 10.1 Å². The van der Waals surface area contributed by atoms with E-state index in [2.05, 4.69) is 5.32 Å². The Morgan fingerprint density at radius 1 is 1.24 bits per heavy atom. The topological polar surface area (TPSA) is 81.5 Å². The molecule has 1 heterocycles. The SMILES string of the molecule is COc1ccc(NC(=O)c2sc3cc(Cl)ccc3c2Cl)c([N+](=O)[O-])c1. The number of nitrogens with zero attached hydrogens (tertiary/aromatic N) is 1. The summed E-state index contributed by atoms with van der Waals surface area (Å²) in [5.74, 6) is -0.213. The molecule has 1 aromatic heterocycles. The lowest BCUT2D eigenvalue weighted by Crippen LogP contribution is -2.12. The van der Waals surface area contributed by atoms with Crippen molar-refractivity contribution < 1.29 is 14.5 Å². The highest BCUT2D eigenvalue weighted by molar-refractivity contribution is 7.21. The Morgan fingerprint density at radius 2 is 2.00 bits per heavy atom. The van der Waals surface area contributed by atoms with E-state index >= 15 is 0 Å². The van der Waals surface area contributed by atoms with Crippen molar-refractivity contribution >= 4 is 61.9 Å². The first kappa shape index (κ1) is 17.5. The molecule has 0 radical (unpaired) electrons. The van der Waals surface area contributed by atoms with E-state index in [4.69, 9.17) is 27.9 Å². The lowest BCUT2D eigenvalue weighted by Gasteiger charge is -2.07. The van der Waals surface area contributed by atoms with Crippen molar-refractivity contribution in [1.29, 1.82) is 0 Å². The van der Waals surface area contributed by atoms with Crippen molar-refractivity contribution in [2.24, 2.45) is 0 Å². The second kappa shape index (κ2) is 6.87. The number of carbonyl (C=O) groups excluding carboxylic acids is 1. The van der Waals surface area contributed by atoms with Gasteiger partial charge in [0.15, 0.2) is 0 Å². The Kier molecular flexibility index (Phi) is 4.80. The summed E-state index contributed by atoms with van der Waals surface area (Å²) in [6.45, 7) is 0. The molecule has 0 bridgehead atoms. The molecule has 0 atom stereocenters. The van der Waals surface area contributed by atoms with Crippen LogP contribution in [0.25, 0.3) is 10.1 Å². The molecule has 9 heteroatoms. The Balaban J connectivity index is 1.98. The number of nitro benzene ring substituents is 1. The number of hydrogen-bond acceptors (Lipinski definition) is 5. The van der Waals surface area contributed by atoms with Gasteiger partial charge >= 0.3 is 0 Å². The quantitative estimate of drug-likeness (QED) is 0.474. The number of halogens is 2. The largest absolute Gasteiger partial charge is 0.496 e. The molecule has 0 saturated carbocycles. The Hall–Kier alpha value is -2.35. The van der Waals surface area contributed by atoms with Gasteiger partial charge in [0.1, 0.15) is 16.3 Å². The smallest absolute Gasteiger partial charge is 0.296 e. The van der Waals surface area contributed by atoms with Crippen molar-refractivity contribution in [3.05, 3.63) is 61.4 Å². The minimum absolute atomic E-state index is 0.0577. The van der Waals surface area contributed by atoms with Crippen LogP contribution in [0.5, 0.6) is 5.75 Å². The summed E-state index contributed by atoms with van der Waals surface area (Å²) in [6.07, 6.45) is 0. The van der Waals surface area contributed by atoms with Crippen LogP contribution >= 0.6 is 34.5 Å². The van der Waals surface area contributed by atoms with E-state index in [0.29, 0.717) is 16.2 Å². The van der Waals surface area contributed by atoms with E-state index in [1.807, 2.05) is 0 Å². The predicted octanol–water partition coefficient (Wildman–Crippen LogP) is 5.38. The maximum Gasteiger partial charge on any atom is 0.296 e. The number of hydrogen-bond donors (Lipinski definition) is 1. The molecule has 0 aliphatic heterocycles. The fraction of sp³-hybridized carbons (Fsp3) is 0.0625. The van der Waals surface area contributed by atoms with Crippen LogP contribution in [0.4, 0.5) is 11.4 Å². The highest BCUT2D eigenvalue weighted by Gasteiger charge is 2.22. The number of rotatable bonds is 4. The van der Waals surface area contributed by atoms with Gasteiger partial charge in [-0.2, -0.15) is 0 Å². The summed E-state index contributed by atoms with van der Waals surface area (Å²) in [6, 6.07) is 9.28. The van der Waals surface area contributed by atoms with Gasteiger partial charge in [0, 0.05) is 15.1 Å². The third-order valence-electron chi connectivity index (χ3n) is 3.45. The number of nitro groups is 1. The van der Waals surface area contributed by atoms with Crippen molar-refractivity contribution in [2.75, 3.05) is 12.4 Å². The summed E-state index contributed by atoms with van der Waals surface area (Å²) >= 11 is 13.4. The fourth-order valence-corrected chi connectivity index (χ4v) is 3.95. The van der Waals surface area contributed by atoms with Crippen molar-refractivity contribution in [3.8, 4) is 5.75 Å². The Morgan fingerprint density at radius 3 is 2.68 bits per heavy atom. The highest BCUT2D eigenvalue weighted by atomic mass is 35.5. The summed E-state index contributed by atoms with van der Waals surface area (Å²) in [7, 11) is 1.40. The molecule has 0 aliphatic carbocycles. The van der Waals surface area contributed by atoms with Crippen molar-refractivity contribution in [1.82, 2.24) is 0 Å². The van der Waals surface area contributed by atoms with Gasteiger partial charge in [0.05, 0.1) is 23.1 Å². The van der Waals surface area contributed by atoms with Gasteiger partial charge < -0.3 is 10.1 Å². The zero-order valence-corrected chi connectivity index (χ0v) is 15.0. The fourth-order valence-electron chi connectivity index (χ4n) is 2.26. The van der Waals surface area contributed by atoms with Crippen LogP contribution in [0.15, 0.2) is 36.4 Å². The highest BCUT2D eigenvalue weighted by Crippen LogP contribution is 2.38. The van der Waals surface area contributed by atoms with E-state index in [0.717, 1.165) is 16.0 Å². The van der Waals surface area contributed by atoms with Crippen LogP contribution < -0.4 is 10.1 Å². The zero-order chi connectivity index (χ0) is 18.1. The number of methoxy groups -OCH3 is 1. The van der Waals surface area contributed by atoms with Crippen molar-refractivity contribution in [2.45, 2.75) is 0 Å². The minimum atomic E-state index is -0.593. The second-order valence-electron chi connectivity index (χ2n) is 4.98. The van der Waals surface area contributed by atoms with E-state index < -0.39 is 10.8 Å². The molecule has 0 unspecified atom stereocenters.